The van der Waals surface area contributed by atoms with Crippen molar-refractivity contribution in [2.45, 2.75) is 31.1 Å². The molecule has 0 bridgehead atoms. The molecule has 0 rings (SSSR count). The van der Waals surface area contributed by atoms with E-state index < -0.39 is 30.4 Å². The molecule has 104 valence electrons. The van der Waals surface area contributed by atoms with Crippen LogP contribution in [0.1, 0.15) is 19.8 Å². The number of rotatable bonds is 8. The number of nitrogens with one attached hydrogen (secondary N) is 2. The number of urea groups is 1. The summed E-state index contributed by atoms with van der Waals surface area (Å²) >= 11 is 1.68. The first kappa shape index (κ1) is 16.6. The maximum Gasteiger partial charge on any atom is 0.326 e. The number of carboxylic acids is 1. The number of hydrogen-bond acceptors (Lipinski definition) is 4. The molecule has 0 aromatic carbocycles. The van der Waals surface area contributed by atoms with Crippen molar-refractivity contribution in [3.8, 4) is 0 Å². The topological polar surface area (TPSA) is 122 Å². The third-order valence-corrected chi connectivity index (χ3v) is 3.29. The Labute approximate surface area is 110 Å². The fraction of sp³-hybridized carbons (Fsp3) is 0.700. The number of carbonyl (C=O) groups is 3. The van der Waals surface area contributed by atoms with Crippen LogP contribution in [0.3, 0.4) is 0 Å². The van der Waals surface area contributed by atoms with Crippen molar-refractivity contribution in [3.05, 3.63) is 0 Å². The molecule has 3 amide bonds. The predicted octanol–water partition coefficient (Wildman–Crippen LogP) is -0.244. The molecular formula is C10H19N3O4S. The number of hydrogen-bond donors (Lipinski definition) is 4. The minimum atomic E-state index is -1.29. The molecule has 0 saturated heterocycles. The lowest BCUT2D eigenvalue weighted by atomic mass is 10.2. The standard InChI is InChI=1S/C10H19N3O4S/c1-6(18-2)3-4-12-10(17)13-7(9(15)16)5-8(11)14/h6-7H,3-5H2,1-2H3,(H2,11,14)(H,15,16)(H2,12,13,17)/t6?,7-/m1/s1. The monoisotopic (exact) mass is 277 g/mol. The number of nitrogens with two attached hydrogens (primary N) is 1. The van der Waals surface area contributed by atoms with Crippen LogP contribution in [0.15, 0.2) is 0 Å². The number of carbonyl (C=O) groups excluding carboxylic acids is 2. The molecule has 7 nitrogen and oxygen atoms in total. The van der Waals surface area contributed by atoms with E-state index in [0.29, 0.717) is 11.8 Å². The Bertz CT molecular complexity index is 311. The van der Waals surface area contributed by atoms with Gasteiger partial charge in [-0.2, -0.15) is 11.8 Å². The second-order valence-electron chi connectivity index (χ2n) is 3.80. The summed E-state index contributed by atoms with van der Waals surface area (Å²) in [6, 6.07) is -1.91. The lowest BCUT2D eigenvalue weighted by Crippen LogP contribution is -2.48. The van der Waals surface area contributed by atoms with Gasteiger partial charge in [-0.1, -0.05) is 6.92 Å². The van der Waals surface area contributed by atoms with E-state index in [-0.39, 0.29) is 0 Å². The molecule has 0 spiro atoms. The zero-order valence-corrected chi connectivity index (χ0v) is 11.3. The summed E-state index contributed by atoms with van der Waals surface area (Å²) in [5, 5.41) is 13.9. The van der Waals surface area contributed by atoms with Crippen LogP contribution in [0.25, 0.3) is 0 Å². The molecule has 0 aliphatic rings. The second-order valence-corrected chi connectivity index (χ2v) is 5.07. The minimum Gasteiger partial charge on any atom is -0.480 e. The van der Waals surface area contributed by atoms with Gasteiger partial charge in [0, 0.05) is 11.8 Å². The fourth-order valence-electron chi connectivity index (χ4n) is 1.12. The number of carboxylic acid groups (broad SMARTS) is 1. The Kier molecular flexibility index (Phi) is 7.93. The number of aliphatic carboxylic acids is 1. The van der Waals surface area contributed by atoms with E-state index in [0.717, 1.165) is 6.42 Å². The first-order valence-electron chi connectivity index (χ1n) is 5.45. The smallest absolute Gasteiger partial charge is 0.326 e. The number of thioether (sulfide) groups is 1. The molecule has 18 heavy (non-hydrogen) atoms. The van der Waals surface area contributed by atoms with E-state index in [4.69, 9.17) is 10.8 Å². The van der Waals surface area contributed by atoms with Crippen LogP contribution in [0.5, 0.6) is 0 Å². The Hall–Kier alpha value is -1.44. The Balaban J connectivity index is 4.03. The summed E-state index contributed by atoms with van der Waals surface area (Å²) in [7, 11) is 0. The van der Waals surface area contributed by atoms with Crippen molar-refractivity contribution in [1.82, 2.24) is 10.6 Å². The summed E-state index contributed by atoms with van der Waals surface area (Å²) in [4.78, 5) is 32.7. The molecule has 2 atom stereocenters. The summed E-state index contributed by atoms with van der Waals surface area (Å²) in [5.41, 5.74) is 4.89. The zero-order valence-electron chi connectivity index (χ0n) is 10.4. The van der Waals surface area contributed by atoms with E-state index in [1.807, 2.05) is 13.2 Å². The first-order valence-corrected chi connectivity index (χ1v) is 6.73. The molecule has 0 aromatic rings. The highest BCUT2D eigenvalue weighted by atomic mass is 32.2. The molecular weight excluding hydrogens is 258 g/mol. The molecule has 0 radical (unpaired) electrons. The van der Waals surface area contributed by atoms with Crippen LogP contribution < -0.4 is 16.4 Å². The van der Waals surface area contributed by atoms with Gasteiger partial charge in [0.15, 0.2) is 0 Å². The van der Waals surface area contributed by atoms with Crippen LogP contribution in [-0.4, -0.2) is 47.1 Å². The Morgan fingerprint density at radius 3 is 2.44 bits per heavy atom. The highest BCUT2D eigenvalue weighted by Gasteiger charge is 2.21. The van der Waals surface area contributed by atoms with Gasteiger partial charge in [0.05, 0.1) is 6.42 Å². The van der Waals surface area contributed by atoms with Gasteiger partial charge in [0.1, 0.15) is 6.04 Å². The van der Waals surface area contributed by atoms with Gasteiger partial charge in [-0.3, -0.25) is 4.79 Å². The summed E-state index contributed by atoms with van der Waals surface area (Å²) in [6.07, 6.45) is 2.32. The van der Waals surface area contributed by atoms with Gasteiger partial charge < -0.3 is 21.5 Å². The van der Waals surface area contributed by atoms with Gasteiger partial charge in [-0.25, -0.2) is 9.59 Å². The first-order chi connectivity index (χ1) is 8.36. The van der Waals surface area contributed by atoms with Gasteiger partial charge in [0.2, 0.25) is 5.91 Å². The van der Waals surface area contributed by atoms with Crippen molar-refractivity contribution in [2.75, 3.05) is 12.8 Å². The maximum absolute atomic E-state index is 11.4. The van der Waals surface area contributed by atoms with E-state index in [9.17, 15) is 14.4 Å². The Morgan fingerprint density at radius 2 is 2.00 bits per heavy atom. The highest BCUT2D eigenvalue weighted by Crippen LogP contribution is 2.07. The SMILES string of the molecule is CSC(C)CCNC(=O)N[C@H](CC(N)=O)C(=O)O. The second kappa shape index (κ2) is 8.62. The third-order valence-electron chi connectivity index (χ3n) is 2.25. The lowest BCUT2D eigenvalue weighted by Gasteiger charge is -2.14. The van der Waals surface area contributed by atoms with Gasteiger partial charge >= 0.3 is 12.0 Å². The fourth-order valence-corrected chi connectivity index (χ4v) is 1.47. The lowest BCUT2D eigenvalue weighted by molar-refractivity contribution is -0.140. The molecule has 0 aliphatic carbocycles. The van der Waals surface area contributed by atoms with Crippen LogP contribution in [0.2, 0.25) is 0 Å². The van der Waals surface area contributed by atoms with Crippen LogP contribution in [-0.2, 0) is 9.59 Å². The Morgan fingerprint density at radius 1 is 1.39 bits per heavy atom. The van der Waals surface area contributed by atoms with E-state index in [2.05, 4.69) is 10.6 Å². The summed E-state index contributed by atoms with van der Waals surface area (Å²) in [6.45, 7) is 2.47. The average Bonchev–Trinajstić information content (AvgIpc) is 2.27. The maximum atomic E-state index is 11.4. The molecule has 5 N–H and O–H groups in total. The molecule has 0 saturated carbocycles. The van der Waals surface area contributed by atoms with Crippen molar-refractivity contribution in [2.24, 2.45) is 5.73 Å². The summed E-state index contributed by atoms with van der Waals surface area (Å²) < 4.78 is 0. The van der Waals surface area contributed by atoms with Crippen LogP contribution >= 0.6 is 11.8 Å². The molecule has 0 aromatic heterocycles. The molecule has 0 aliphatic heterocycles. The number of primary amides is 1. The molecule has 1 unspecified atom stereocenters. The van der Waals surface area contributed by atoms with Crippen LogP contribution in [0.4, 0.5) is 4.79 Å². The van der Waals surface area contributed by atoms with Gasteiger partial charge in [-0.15, -0.1) is 0 Å². The van der Waals surface area contributed by atoms with Crippen molar-refractivity contribution >= 4 is 29.7 Å². The minimum absolute atomic E-state index is 0.409. The van der Waals surface area contributed by atoms with Crippen molar-refractivity contribution in [1.29, 1.82) is 0 Å². The highest BCUT2D eigenvalue weighted by molar-refractivity contribution is 7.99. The van der Waals surface area contributed by atoms with E-state index in [1.165, 1.54) is 0 Å². The number of amides is 3. The molecule has 0 fully saturated rings. The quantitative estimate of drug-likeness (QED) is 0.487. The van der Waals surface area contributed by atoms with Crippen molar-refractivity contribution in [3.63, 3.8) is 0 Å². The molecule has 8 heteroatoms. The van der Waals surface area contributed by atoms with E-state index in [1.54, 1.807) is 11.8 Å². The van der Waals surface area contributed by atoms with E-state index >= 15 is 0 Å². The normalized spacial score (nSPS) is 13.4. The van der Waals surface area contributed by atoms with Gasteiger partial charge in [-0.05, 0) is 12.7 Å². The largest absolute Gasteiger partial charge is 0.480 e. The average molecular weight is 277 g/mol. The summed E-state index contributed by atoms with van der Waals surface area (Å²) in [5.74, 6) is -2.07. The third kappa shape index (κ3) is 7.77. The van der Waals surface area contributed by atoms with Gasteiger partial charge in [0.25, 0.3) is 0 Å². The van der Waals surface area contributed by atoms with Crippen LogP contribution in [0, 0.1) is 0 Å². The zero-order chi connectivity index (χ0) is 14.1. The molecule has 0 heterocycles. The predicted molar refractivity (Wildman–Crippen MR) is 69.4 cm³/mol. The van der Waals surface area contributed by atoms with Crippen molar-refractivity contribution < 1.29 is 19.5 Å².